The Hall–Kier alpha value is -5.03. The quantitative estimate of drug-likeness (QED) is 0.0714. The number of amides is 3. The smallest absolute Gasteiger partial charge is 0.323 e. The van der Waals surface area contributed by atoms with Gasteiger partial charge in [-0.05, 0) is 39.8 Å². The Morgan fingerprint density at radius 1 is 0.705 bits per heavy atom. The SMILES string of the molecule is NCc1ccc(CNC(N)NC(=O)NC(N)=NCc2ccc(CNC(=O)C(Cc3ccccc3)c3ccccc3)cc2)cc1. The summed E-state index contributed by atoms with van der Waals surface area (Å²) in [5.41, 5.74) is 23.4. The highest BCUT2D eigenvalue weighted by molar-refractivity contribution is 5.95. The molecule has 2 unspecified atom stereocenters. The topological polar surface area (TPSA) is 173 Å². The maximum Gasteiger partial charge on any atom is 0.323 e. The van der Waals surface area contributed by atoms with Crippen molar-refractivity contribution >= 4 is 17.9 Å². The van der Waals surface area contributed by atoms with Crippen LogP contribution in [0.5, 0.6) is 0 Å². The molecule has 0 saturated heterocycles. The lowest BCUT2D eigenvalue weighted by atomic mass is 9.91. The van der Waals surface area contributed by atoms with E-state index in [0.29, 0.717) is 26.1 Å². The van der Waals surface area contributed by atoms with Crippen LogP contribution in [0.25, 0.3) is 0 Å². The first-order valence-corrected chi connectivity index (χ1v) is 14.5. The molecule has 0 bridgehead atoms. The van der Waals surface area contributed by atoms with Gasteiger partial charge in [-0.25, -0.2) is 9.79 Å². The molecule has 0 aliphatic heterocycles. The normalized spacial score (nSPS) is 12.6. The molecule has 0 heterocycles. The summed E-state index contributed by atoms with van der Waals surface area (Å²) in [6.07, 6.45) is -0.167. The van der Waals surface area contributed by atoms with E-state index in [9.17, 15) is 9.59 Å². The highest BCUT2D eigenvalue weighted by Crippen LogP contribution is 2.21. The molecule has 10 N–H and O–H groups in total. The van der Waals surface area contributed by atoms with Crippen LogP contribution in [0.1, 0.15) is 39.3 Å². The molecule has 4 aromatic rings. The Balaban J connectivity index is 1.21. The second-order valence-electron chi connectivity index (χ2n) is 10.4. The van der Waals surface area contributed by atoms with E-state index in [-0.39, 0.29) is 24.3 Å². The number of guanidine groups is 1. The molecular formula is C34H40N8O2. The van der Waals surface area contributed by atoms with Crippen molar-refractivity contribution in [2.45, 2.75) is 44.8 Å². The maximum absolute atomic E-state index is 13.2. The Morgan fingerprint density at radius 2 is 1.27 bits per heavy atom. The van der Waals surface area contributed by atoms with Crippen LogP contribution < -0.4 is 38.5 Å². The van der Waals surface area contributed by atoms with Gasteiger partial charge in [0.25, 0.3) is 0 Å². The third-order valence-corrected chi connectivity index (χ3v) is 7.04. The van der Waals surface area contributed by atoms with Crippen molar-refractivity contribution < 1.29 is 9.59 Å². The van der Waals surface area contributed by atoms with Crippen LogP contribution in [0.3, 0.4) is 0 Å². The van der Waals surface area contributed by atoms with Crippen molar-refractivity contribution in [3.63, 3.8) is 0 Å². The van der Waals surface area contributed by atoms with Crippen LogP contribution in [0.2, 0.25) is 0 Å². The summed E-state index contributed by atoms with van der Waals surface area (Å²) in [4.78, 5) is 29.7. The van der Waals surface area contributed by atoms with Crippen molar-refractivity contribution in [3.05, 3.63) is 143 Å². The molecule has 228 valence electrons. The number of nitrogens with two attached hydrogens (primary N) is 3. The average molecular weight is 593 g/mol. The van der Waals surface area contributed by atoms with Gasteiger partial charge in [-0.1, -0.05) is 109 Å². The van der Waals surface area contributed by atoms with Crippen molar-refractivity contribution in [2.24, 2.45) is 22.2 Å². The maximum atomic E-state index is 13.2. The molecule has 0 spiro atoms. The molecule has 2 atom stereocenters. The minimum atomic E-state index is -0.786. The Kier molecular flexibility index (Phi) is 12.0. The number of rotatable bonds is 13. The van der Waals surface area contributed by atoms with E-state index in [2.05, 4.69) is 26.3 Å². The summed E-state index contributed by atoms with van der Waals surface area (Å²) in [7, 11) is 0. The van der Waals surface area contributed by atoms with Gasteiger partial charge in [0.15, 0.2) is 5.96 Å². The fraction of sp³-hybridized carbons (Fsp3) is 0.206. The first-order chi connectivity index (χ1) is 21.4. The average Bonchev–Trinajstić information content (AvgIpc) is 3.05. The van der Waals surface area contributed by atoms with Crippen molar-refractivity contribution in [1.82, 2.24) is 21.3 Å². The summed E-state index contributed by atoms with van der Waals surface area (Å²) in [5, 5.41) is 11.1. The summed E-state index contributed by atoms with van der Waals surface area (Å²) >= 11 is 0. The Labute approximate surface area is 258 Å². The molecule has 44 heavy (non-hydrogen) atoms. The number of carbonyl (C=O) groups excluding carboxylic acids is 2. The first-order valence-electron chi connectivity index (χ1n) is 14.5. The molecule has 0 saturated carbocycles. The van der Waals surface area contributed by atoms with Gasteiger partial charge in [-0.15, -0.1) is 0 Å². The zero-order valence-corrected chi connectivity index (χ0v) is 24.6. The first kappa shape index (κ1) is 31.9. The zero-order valence-electron chi connectivity index (χ0n) is 24.6. The van der Waals surface area contributed by atoms with Crippen LogP contribution in [-0.4, -0.2) is 24.2 Å². The molecule has 4 rings (SSSR count). The number of hydrogen-bond donors (Lipinski definition) is 7. The molecule has 10 heteroatoms. The number of nitrogens with zero attached hydrogens (tertiary/aromatic N) is 1. The number of benzene rings is 4. The van der Waals surface area contributed by atoms with Gasteiger partial charge in [-0.2, -0.15) is 0 Å². The summed E-state index contributed by atoms with van der Waals surface area (Å²) < 4.78 is 0. The molecular weight excluding hydrogens is 552 g/mol. The third-order valence-electron chi connectivity index (χ3n) is 7.04. The number of nitrogens with one attached hydrogen (secondary N) is 4. The van der Waals surface area contributed by atoms with Gasteiger partial charge in [0.2, 0.25) is 5.91 Å². The minimum absolute atomic E-state index is 0.0260. The van der Waals surface area contributed by atoms with E-state index in [1.807, 2.05) is 109 Å². The van der Waals surface area contributed by atoms with Gasteiger partial charge in [0.05, 0.1) is 12.5 Å². The second kappa shape index (κ2) is 16.6. The fourth-order valence-electron chi connectivity index (χ4n) is 4.55. The number of hydrogen-bond acceptors (Lipinski definition) is 6. The van der Waals surface area contributed by atoms with Crippen LogP contribution in [0, 0.1) is 0 Å². The monoisotopic (exact) mass is 592 g/mol. The number of carbonyl (C=O) groups is 2. The molecule has 4 aromatic carbocycles. The highest BCUT2D eigenvalue weighted by Gasteiger charge is 2.20. The van der Waals surface area contributed by atoms with E-state index in [1.54, 1.807) is 0 Å². The fourth-order valence-corrected chi connectivity index (χ4v) is 4.55. The van der Waals surface area contributed by atoms with Crippen molar-refractivity contribution in [1.29, 1.82) is 0 Å². The molecule has 0 aliphatic rings. The zero-order chi connectivity index (χ0) is 31.1. The van der Waals surface area contributed by atoms with E-state index < -0.39 is 12.3 Å². The second-order valence-corrected chi connectivity index (χ2v) is 10.4. The largest absolute Gasteiger partial charge is 0.370 e. The van der Waals surface area contributed by atoms with E-state index in [0.717, 1.165) is 33.4 Å². The lowest BCUT2D eigenvalue weighted by Crippen LogP contribution is -2.56. The lowest BCUT2D eigenvalue weighted by molar-refractivity contribution is -0.122. The summed E-state index contributed by atoms with van der Waals surface area (Å²) in [5.74, 6) is -0.352. The predicted molar refractivity (Wildman–Crippen MR) is 174 cm³/mol. The predicted octanol–water partition coefficient (Wildman–Crippen LogP) is 2.93. The highest BCUT2D eigenvalue weighted by atomic mass is 16.2. The molecule has 0 aliphatic carbocycles. The van der Waals surface area contributed by atoms with Gasteiger partial charge in [0.1, 0.15) is 6.29 Å². The Bertz CT molecular complexity index is 1490. The van der Waals surface area contributed by atoms with Crippen LogP contribution >= 0.6 is 0 Å². The van der Waals surface area contributed by atoms with Crippen LogP contribution in [0.15, 0.2) is 114 Å². The molecule has 3 amide bonds. The van der Waals surface area contributed by atoms with E-state index in [4.69, 9.17) is 17.2 Å². The minimum Gasteiger partial charge on any atom is -0.370 e. The van der Waals surface area contributed by atoms with Gasteiger partial charge < -0.3 is 22.1 Å². The van der Waals surface area contributed by atoms with Gasteiger partial charge >= 0.3 is 6.03 Å². The standard InChI is InChI=1S/C34H40N8O2/c35-20-25-11-13-27(14-12-25)22-39-32(36)41-34(44)42-33(37)40-23-28-17-15-26(16-18-28)21-38-31(43)30(29-9-5-2-6-10-29)19-24-7-3-1-4-8-24/h1-18,30,32,39H,19-23,35-36H2,(H,38,43)(H4,37,40,41,42,44). The number of aliphatic imine (C=N–C) groups is 1. The van der Waals surface area contributed by atoms with Crippen LogP contribution in [0.4, 0.5) is 4.79 Å². The summed E-state index contributed by atoms with van der Waals surface area (Å²) in [6.45, 7) is 1.62. The molecule has 0 fully saturated rings. The number of urea groups is 1. The molecule has 0 radical (unpaired) electrons. The third kappa shape index (κ3) is 10.4. The Morgan fingerprint density at radius 3 is 1.91 bits per heavy atom. The molecule has 10 nitrogen and oxygen atoms in total. The van der Waals surface area contributed by atoms with Crippen LogP contribution in [-0.2, 0) is 37.4 Å². The van der Waals surface area contributed by atoms with Crippen molar-refractivity contribution in [2.75, 3.05) is 0 Å². The van der Waals surface area contributed by atoms with E-state index >= 15 is 0 Å². The summed E-state index contributed by atoms with van der Waals surface area (Å²) in [6, 6.07) is 34.8. The van der Waals surface area contributed by atoms with Gasteiger partial charge in [0, 0.05) is 19.6 Å². The lowest BCUT2D eigenvalue weighted by Gasteiger charge is -2.18. The van der Waals surface area contributed by atoms with Gasteiger partial charge in [-0.3, -0.25) is 21.2 Å². The molecule has 0 aromatic heterocycles. The van der Waals surface area contributed by atoms with E-state index in [1.165, 1.54) is 0 Å². The van der Waals surface area contributed by atoms with Crippen molar-refractivity contribution in [3.8, 4) is 0 Å².